The molecule has 4 heteroatoms. The lowest BCUT2D eigenvalue weighted by Gasteiger charge is -2.14. The number of nitrogens with two attached hydrogens (primary N) is 2. The number of carbonyl (C=O) groups is 1. The van der Waals surface area contributed by atoms with Crippen molar-refractivity contribution in [3.63, 3.8) is 0 Å². The minimum absolute atomic E-state index is 0.116. The van der Waals surface area contributed by atoms with Crippen LogP contribution < -0.4 is 11.5 Å². The molecule has 0 unspecified atom stereocenters. The van der Waals surface area contributed by atoms with Crippen molar-refractivity contribution in [3.8, 4) is 0 Å². The van der Waals surface area contributed by atoms with Gasteiger partial charge in [-0.1, -0.05) is 0 Å². The van der Waals surface area contributed by atoms with E-state index in [1.165, 1.54) is 0 Å². The average molecular weight is 158 g/mol. The maximum absolute atomic E-state index is 10.5. The van der Waals surface area contributed by atoms with E-state index in [4.69, 9.17) is 16.2 Å². The highest BCUT2D eigenvalue weighted by atomic mass is 16.5. The van der Waals surface area contributed by atoms with Crippen LogP contribution in [0.25, 0.3) is 0 Å². The Kier molecular flexibility index (Phi) is 2.84. The monoisotopic (exact) mass is 158 g/mol. The number of carbonyl (C=O) groups excluding carboxylic acids is 1. The molecule has 4 N–H and O–H groups in total. The normalized spacial score (nSPS) is 26.8. The van der Waals surface area contributed by atoms with E-state index >= 15 is 0 Å². The molecule has 0 spiro atoms. The van der Waals surface area contributed by atoms with Gasteiger partial charge < -0.3 is 16.2 Å². The summed E-state index contributed by atoms with van der Waals surface area (Å²) in [6.07, 6.45) is 1.22. The van der Waals surface area contributed by atoms with Crippen LogP contribution in [0.2, 0.25) is 0 Å². The van der Waals surface area contributed by atoms with E-state index in [0.29, 0.717) is 12.5 Å². The minimum atomic E-state index is -0.329. The fourth-order valence-electron chi connectivity index (χ4n) is 1.29. The van der Waals surface area contributed by atoms with Gasteiger partial charge in [0.25, 0.3) is 0 Å². The number of hydrogen-bond acceptors (Lipinski definition) is 3. The van der Waals surface area contributed by atoms with Crippen LogP contribution in [-0.2, 0) is 9.53 Å². The first kappa shape index (κ1) is 8.49. The summed E-state index contributed by atoms with van der Waals surface area (Å²) in [5, 5.41) is 0. The van der Waals surface area contributed by atoms with Crippen molar-refractivity contribution in [1.29, 1.82) is 0 Å². The van der Waals surface area contributed by atoms with Crippen molar-refractivity contribution in [2.45, 2.75) is 18.9 Å². The number of amides is 1. The van der Waals surface area contributed by atoms with Gasteiger partial charge in [0.1, 0.15) is 0 Å². The van der Waals surface area contributed by atoms with Crippen molar-refractivity contribution in [3.05, 3.63) is 0 Å². The molecule has 2 atom stereocenters. The highest BCUT2D eigenvalue weighted by Gasteiger charge is 2.23. The lowest BCUT2D eigenvalue weighted by atomic mass is 9.97. The van der Waals surface area contributed by atoms with E-state index in [9.17, 15) is 4.79 Å². The first-order chi connectivity index (χ1) is 5.20. The Labute approximate surface area is 65.9 Å². The third-order valence-electron chi connectivity index (χ3n) is 2.01. The molecule has 1 rings (SSSR count). The van der Waals surface area contributed by atoms with Crippen LogP contribution in [-0.4, -0.2) is 25.2 Å². The fourth-order valence-corrected chi connectivity index (χ4v) is 1.29. The SMILES string of the molecule is NC(=O)C[C@@H](N)[C@@H]1CCOC1. The van der Waals surface area contributed by atoms with Gasteiger partial charge in [-0.15, -0.1) is 0 Å². The van der Waals surface area contributed by atoms with Crippen LogP contribution >= 0.6 is 0 Å². The predicted octanol–water partition coefficient (Wildman–Crippen LogP) is -0.774. The molecule has 1 aliphatic heterocycles. The van der Waals surface area contributed by atoms with Crippen molar-refractivity contribution < 1.29 is 9.53 Å². The quantitative estimate of drug-likeness (QED) is 0.566. The second-order valence-corrected chi connectivity index (χ2v) is 2.96. The van der Waals surface area contributed by atoms with Gasteiger partial charge in [0.15, 0.2) is 0 Å². The van der Waals surface area contributed by atoms with Gasteiger partial charge in [0.05, 0.1) is 6.61 Å². The molecule has 0 aromatic carbocycles. The van der Waals surface area contributed by atoms with Crippen LogP contribution in [0.15, 0.2) is 0 Å². The van der Waals surface area contributed by atoms with E-state index in [2.05, 4.69) is 0 Å². The van der Waals surface area contributed by atoms with E-state index in [-0.39, 0.29) is 18.4 Å². The summed E-state index contributed by atoms with van der Waals surface area (Å²) < 4.78 is 5.13. The molecule has 1 fully saturated rings. The molecule has 0 saturated carbocycles. The highest BCUT2D eigenvalue weighted by Crippen LogP contribution is 2.16. The molecule has 0 aromatic rings. The molecule has 0 aromatic heterocycles. The molecule has 1 aliphatic rings. The molecule has 1 saturated heterocycles. The Balaban J connectivity index is 2.28. The van der Waals surface area contributed by atoms with Gasteiger partial charge in [0.2, 0.25) is 5.91 Å². The summed E-state index contributed by atoms with van der Waals surface area (Å²) in [7, 11) is 0. The van der Waals surface area contributed by atoms with Crippen molar-refractivity contribution >= 4 is 5.91 Å². The Morgan fingerprint density at radius 3 is 2.91 bits per heavy atom. The van der Waals surface area contributed by atoms with Crippen LogP contribution in [0.4, 0.5) is 0 Å². The summed E-state index contributed by atoms with van der Waals surface area (Å²) in [5.74, 6) is -0.00750. The zero-order chi connectivity index (χ0) is 8.27. The van der Waals surface area contributed by atoms with Gasteiger partial charge in [-0.05, 0) is 6.42 Å². The standard InChI is InChI=1S/C7H14N2O2/c8-6(3-7(9)10)5-1-2-11-4-5/h5-6H,1-4,8H2,(H2,9,10)/t5-,6-/m1/s1. The molecule has 0 bridgehead atoms. The first-order valence-electron chi connectivity index (χ1n) is 3.82. The smallest absolute Gasteiger partial charge is 0.218 e. The zero-order valence-electron chi connectivity index (χ0n) is 6.45. The summed E-state index contributed by atoms with van der Waals surface area (Å²) in [4.78, 5) is 10.5. The lowest BCUT2D eigenvalue weighted by molar-refractivity contribution is -0.118. The van der Waals surface area contributed by atoms with Crippen LogP contribution in [0.1, 0.15) is 12.8 Å². The minimum Gasteiger partial charge on any atom is -0.381 e. The van der Waals surface area contributed by atoms with E-state index in [1.807, 2.05) is 0 Å². The summed E-state index contributed by atoms with van der Waals surface area (Å²) in [6, 6.07) is -0.116. The van der Waals surface area contributed by atoms with E-state index < -0.39 is 0 Å². The first-order valence-corrected chi connectivity index (χ1v) is 3.82. The number of rotatable bonds is 3. The Bertz CT molecular complexity index is 143. The van der Waals surface area contributed by atoms with Crippen molar-refractivity contribution in [2.75, 3.05) is 13.2 Å². The average Bonchev–Trinajstić information content (AvgIpc) is 2.35. The molecular weight excluding hydrogens is 144 g/mol. The number of primary amides is 1. The fraction of sp³-hybridized carbons (Fsp3) is 0.857. The molecule has 0 radical (unpaired) electrons. The molecular formula is C7H14N2O2. The summed E-state index contributed by atoms with van der Waals surface area (Å²) in [6.45, 7) is 1.44. The Morgan fingerprint density at radius 2 is 2.45 bits per heavy atom. The molecule has 64 valence electrons. The molecule has 1 heterocycles. The van der Waals surface area contributed by atoms with Gasteiger partial charge in [-0.2, -0.15) is 0 Å². The second kappa shape index (κ2) is 3.69. The molecule has 1 amide bonds. The summed E-state index contributed by atoms with van der Waals surface area (Å²) >= 11 is 0. The molecule has 11 heavy (non-hydrogen) atoms. The highest BCUT2D eigenvalue weighted by molar-refractivity contribution is 5.74. The number of hydrogen-bond donors (Lipinski definition) is 2. The van der Waals surface area contributed by atoms with Gasteiger partial charge in [0, 0.05) is 25.0 Å². The maximum atomic E-state index is 10.5. The van der Waals surface area contributed by atoms with Crippen LogP contribution in [0.3, 0.4) is 0 Å². The number of ether oxygens (including phenoxy) is 1. The Morgan fingerprint density at radius 1 is 1.73 bits per heavy atom. The zero-order valence-corrected chi connectivity index (χ0v) is 6.45. The van der Waals surface area contributed by atoms with Crippen molar-refractivity contribution in [2.24, 2.45) is 17.4 Å². The van der Waals surface area contributed by atoms with Gasteiger partial charge in [-0.25, -0.2) is 0 Å². The second-order valence-electron chi connectivity index (χ2n) is 2.96. The maximum Gasteiger partial charge on any atom is 0.218 e. The van der Waals surface area contributed by atoms with Gasteiger partial charge >= 0.3 is 0 Å². The Hall–Kier alpha value is -0.610. The van der Waals surface area contributed by atoms with Crippen molar-refractivity contribution in [1.82, 2.24) is 0 Å². The summed E-state index contributed by atoms with van der Waals surface area (Å²) in [5.41, 5.74) is 10.7. The van der Waals surface area contributed by atoms with Crippen LogP contribution in [0, 0.1) is 5.92 Å². The third-order valence-corrected chi connectivity index (χ3v) is 2.01. The third kappa shape index (κ3) is 2.48. The topological polar surface area (TPSA) is 78.3 Å². The largest absolute Gasteiger partial charge is 0.381 e. The van der Waals surface area contributed by atoms with E-state index in [0.717, 1.165) is 13.0 Å². The molecule has 4 nitrogen and oxygen atoms in total. The molecule has 0 aliphatic carbocycles. The van der Waals surface area contributed by atoms with E-state index in [1.54, 1.807) is 0 Å². The van der Waals surface area contributed by atoms with Crippen LogP contribution in [0.5, 0.6) is 0 Å². The lowest BCUT2D eigenvalue weighted by Crippen LogP contribution is -2.34. The van der Waals surface area contributed by atoms with Gasteiger partial charge in [-0.3, -0.25) is 4.79 Å². The predicted molar refractivity (Wildman–Crippen MR) is 40.7 cm³/mol.